The molecular formula is C15H19BrN2O2. The second-order valence-electron chi connectivity index (χ2n) is 4.97. The lowest BCUT2D eigenvalue weighted by atomic mass is 9.95. The van der Waals surface area contributed by atoms with E-state index in [-0.39, 0.29) is 17.7 Å². The summed E-state index contributed by atoms with van der Waals surface area (Å²) in [5.41, 5.74) is 0.699. The van der Waals surface area contributed by atoms with Gasteiger partial charge >= 0.3 is 0 Å². The topological polar surface area (TPSA) is 49.4 Å². The molecule has 108 valence electrons. The predicted octanol–water partition coefficient (Wildman–Crippen LogP) is 2.44. The standard InChI is InChI=1S/C15H19BrN2O2/c1-2-17-14(19)11-7-9-18(10-8-11)15(20)12-3-5-13(16)6-4-12/h3-6,11H,2,7-10H2,1H3,(H,17,19). The van der Waals surface area contributed by atoms with E-state index in [9.17, 15) is 9.59 Å². The second-order valence-corrected chi connectivity index (χ2v) is 5.88. The average molecular weight is 339 g/mol. The molecule has 5 heteroatoms. The normalized spacial score (nSPS) is 16.0. The van der Waals surface area contributed by atoms with E-state index in [0.29, 0.717) is 25.2 Å². The lowest BCUT2D eigenvalue weighted by Crippen LogP contribution is -2.43. The SMILES string of the molecule is CCNC(=O)C1CCN(C(=O)c2ccc(Br)cc2)CC1. The molecule has 0 spiro atoms. The molecule has 20 heavy (non-hydrogen) atoms. The summed E-state index contributed by atoms with van der Waals surface area (Å²) >= 11 is 3.36. The van der Waals surface area contributed by atoms with Gasteiger partial charge in [0.1, 0.15) is 0 Å². The van der Waals surface area contributed by atoms with Gasteiger partial charge in [-0.2, -0.15) is 0 Å². The van der Waals surface area contributed by atoms with Crippen LogP contribution < -0.4 is 5.32 Å². The number of carbonyl (C=O) groups is 2. The Hall–Kier alpha value is -1.36. The fourth-order valence-electron chi connectivity index (χ4n) is 2.44. The van der Waals surface area contributed by atoms with Gasteiger partial charge in [-0.05, 0) is 44.0 Å². The molecule has 2 amide bonds. The summed E-state index contributed by atoms with van der Waals surface area (Å²) < 4.78 is 0.962. The highest BCUT2D eigenvalue weighted by Gasteiger charge is 2.27. The Morgan fingerprint density at radius 1 is 1.25 bits per heavy atom. The first-order chi connectivity index (χ1) is 9.61. The van der Waals surface area contributed by atoms with Crippen LogP contribution in [0.25, 0.3) is 0 Å². The van der Waals surface area contributed by atoms with Crippen LogP contribution in [0.3, 0.4) is 0 Å². The molecule has 4 nitrogen and oxygen atoms in total. The molecule has 1 aromatic carbocycles. The van der Waals surface area contributed by atoms with Gasteiger partial charge in [0.05, 0.1) is 0 Å². The zero-order valence-electron chi connectivity index (χ0n) is 11.6. The van der Waals surface area contributed by atoms with E-state index < -0.39 is 0 Å². The van der Waals surface area contributed by atoms with Gasteiger partial charge in [0.2, 0.25) is 5.91 Å². The minimum atomic E-state index is 0.0453. The number of carbonyl (C=O) groups excluding carboxylic acids is 2. The molecule has 2 rings (SSSR count). The molecule has 1 saturated heterocycles. The number of hydrogen-bond acceptors (Lipinski definition) is 2. The Morgan fingerprint density at radius 2 is 1.85 bits per heavy atom. The molecule has 0 unspecified atom stereocenters. The highest BCUT2D eigenvalue weighted by atomic mass is 79.9. The predicted molar refractivity (Wildman–Crippen MR) is 81.5 cm³/mol. The second kappa shape index (κ2) is 6.88. The summed E-state index contributed by atoms with van der Waals surface area (Å²) in [5, 5.41) is 2.85. The summed E-state index contributed by atoms with van der Waals surface area (Å²) in [6.07, 6.45) is 1.49. The molecule has 1 heterocycles. The van der Waals surface area contributed by atoms with Crippen LogP contribution >= 0.6 is 15.9 Å². The Labute approximate surface area is 127 Å². The molecule has 1 aliphatic rings. The van der Waals surface area contributed by atoms with Gasteiger partial charge in [-0.25, -0.2) is 0 Å². The molecular weight excluding hydrogens is 320 g/mol. The van der Waals surface area contributed by atoms with Gasteiger partial charge in [-0.1, -0.05) is 15.9 Å². The van der Waals surface area contributed by atoms with E-state index in [1.807, 2.05) is 36.1 Å². The molecule has 0 bridgehead atoms. The molecule has 0 aromatic heterocycles. The van der Waals surface area contributed by atoms with Gasteiger partial charge < -0.3 is 10.2 Å². The largest absolute Gasteiger partial charge is 0.356 e. The number of amides is 2. The third-order valence-corrected chi connectivity index (χ3v) is 4.12. The quantitative estimate of drug-likeness (QED) is 0.920. The molecule has 0 atom stereocenters. The summed E-state index contributed by atoms with van der Waals surface area (Å²) in [4.78, 5) is 25.9. The monoisotopic (exact) mass is 338 g/mol. The molecule has 1 aromatic rings. The third kappa shape index (κ3) is 3.60. The Balaban J connectivity index is 1.92. The lowest BCUT2D eigenvalue weighted by molar-refractivity contribution is -0.126. The lowest BCUT2D eigenvalue weighted by Gasteiger charge is -2.31. The first-order valence-corrected chi connectivity index (χ1v) is 7.73. The van der Waals surface area contributed by atoms with Crippen molar-refractivity contribution in [1.29, 1.82) is 0 Å². The highest BCUT2D eigenvalue weighted by molar-refractivity contribution is 9.10. The zero-order valence-corrected chi connectivity index (χ0v) is 13.1. The van der Waals surface area contributed by atoms with Crippen LogP contribution in [0, 0.1) is 5.92 Å². The number of nitrogens with one attached hydrogen (secondary N) is 1. The minimum Gasteiger partial charge on any atom is -0.356 e. The van der Waals surface area contributed by atoms with Gasteiger partial charge in [-0.3, -0.25) is 9.59 Å². The molecule has 1 N–H and O–H groups in total. The number of rotatable bonds is 3. The van der Waals surface area contributed by atoms with Crippen LogP contribution in [-0.4, -0.2) is 36.3 Å². The number of piperidine rings is 1. The van der Waals surface area contributed by atoms with Crippen LogP contribution in [0.1, 0.15) is 30.1 Å². The van der Waals surface area contributed by atoms with Crippen molar-refractivity contribution >= 4 is 27.7 Å². The van der Waals surface area contributed by atoms with Gasteiger partial charge in [0, 0.05) is 35.6 Å². The maximum Gasteiger partial charge on any atom is 0.253 e. The van der Waals surface area contributed by atoms with Gasteiger partial charge in [-0.15, -0.1) is 0 Å². The van der Waals surface area contributed by atoms with Crippen LogP contribution in [0.5, 0.6) is 0 Å². The zero-order chi connectivity index (χ0) is 14.5. The Bertz CT molecular complexity index is 479. The van der Waals surface area contributed by atoms with Crippen molar-refractivity contribution in [3.8, 4) is 0 Å². The first-order valence-electron chi connectivity index (χ1n) is 6.94. The maximum absolute atomic E-state index is 12.3. The first kappa shape index (κ1) is 15.0. The Morgan fingerprint density at radius 3 is 2.40 bits per heavy atom. The third-order valence-electron chi connectivity index (χ3n) is 3.60. The number of halogens is 1. The maximum atomic E-state index is 12.3. The molecule has 1 fully saturated rings. The van der Waals surface area contributed by atoms with Crippen molar-refractivity contribution in [3.63, 3.8) is 0 Å². The Kier molecular flexibility index (Phi) is 5.17. The van der Waals surface area contributed by atoms with Crippen molar-refractivity contribution in [2.75, 3.05) is 19.6 Å². The van der Waals surface area contributed by atoms with Crippen molar-refractivity contribution < 1.29 is 9.59 Å². The van der Waals surface area contributed by atoms with E-state index in [4.69, 9.17) is 0 Å². The highest BCUT2D eigenvalue weighted by Crippen LogP contribution is 2.20. The van der Waals surface area contributed by atoms with E-state index in [1.165, 1.54) is 0 Å². The van der Waals surface area contributed by atoms with E-state index in [0.717, 1.165) is 17.3 Å². The number of hydrogen-bond donors (Lipinski definition) is 1. The minimum absolute atomic E-state index is 0.0453. The van der Waals surface area contributed by atoms with Crippen molar-refractivity contribution in [1.82, 2.24) is 10.2 Å². The van der Waals surface area contributed by atoms with E-state index in [1.54, 1.807) is 0 Å². The van der Waals surface area contributed by atoms with E-state index in [2.05, 4.69) is 21.2 Å². The van der Waals surface area contributed by atoms with Crippen LogP contribution in [0.2, 0.25) is 0 Å². The molecule has 1 aliphatic heterocycles. The van der Waals surface area contributed by atoms with E-state index >= 15 is 0 Å². The van der Waals surface area contributed by atoms with Crippen molar-refractivity contribution in [2.45, 2.75) is 19.8 Å². The number of likely N-dealkylation sites (tertiary alicyclic amines) is 1. The summed E-state index contributed by atoms with van der Waals surface area (Å²) in [5.74, 6) is 0.207. The number of nitrogens with zero attached hydrogens (tertiary/aromatic N) is 1. The van der Waals surface area contributed by atoms with Crippen molar-refractivity contribution in [2.24, 2.45) is 5.92 Å². The van der Waals surface area contributed by atoms with Crippen LogP contribution in [-0.2, 0) is 4.79 Å². The van der Waals surface area contributed by atoms with Crippen LogP contribution in [0.4, 0.5) is 0 Å². The summed E-state index contributed by atoms with van der Waals surface area (Å²) in [6.45, 7) is 3.88. The van der Waals surface area contributed by atoms with Gasteiger partial charge in [0.15, 0.2) is 0 Å². The molecule has 0 radical (unpaired) electrons. The molecule has 0 aliphatic carbocycles. The summed E-state index contributed by atoms with van der Waals surface area (Å²) in [6, 6.07) is 7.38. The summed E-state index contributed by atoms with van der Waals surface area (Å²) in [7, 11) is 0. The van der Waals surface area contributed by atoms with Gasteiger partial charge in [0.25, 0.3) is 5.91 Å². The van der Waals surface area contributed by atoms with Crippen LogP contribution in [0.15, 0.2) is 28.7 Å². The number of benzene rings is 1. The smallest absolute Gasteiger partial charge is 0.253 e. The fraction of sp³-hybridized carbons (Fsp3) is 0.467. The molecule has 0 saturated carbocycles. The fourth-order valence-corrected chi connectivity index (χ4v) is 2.70. The van der Waals surface area contributed by atoms with Crippen molar-refractivity contribution in [3.05, 3.63) is 34.3 Å². The average Bonchev–Trinajstić information content (AvgIpc) is 2.48.